The maximum atomic E-state index is 11.9. The maximum Gasteiger partial charge on any atom is 0.335 e. The summed E-state index contributed by atoms with van der Waals surface area (Å²) in [6, 6.07) is 28.1. The summed E-state index contributed by atoms with van der Waals surface area (Å²) < 4.78 is 0. The monoisotopic (exact) mass is 444 g/mol. The lowest BCUT2D eigenvalue weighted by Gasteiger charge is -2.50. The molecule has 0 radical (unpaired) electrons. The van der Waals surface area contributed by atoms with Gasteiger partial charge in [0.15, 0.2) is 0 Å². The molecule has 0 unspecified atom stereocenters. The lowest BCUT2D eigenvalue weighted by molar-refractivity contribution is 0.0686. The third-order valence-electron chi connectivity index (χ3n) is 8.01. The number of rotatable bonds is 2. The SMILES string of the molecule is O=C(O)c1ccc2c(c1)[C@H]1c3ccccc3[C@@H]2[C@@H]2c3ccccc3[C@H]1c1ccc(C(=O)O)cc12. The van der Waals surface area contributed by atoms with Gasteiger partial charge in [-0.05, 0) is 68.8 Å². The minimum atomic E-state index is -0.925. The average Bonchev–Trinajstić information content (AvgIpc) is 2.84. The normalized spacial score (nSPS) is 22.6. The second-order valence-corrected chi connectivity index (χ2v) is 9.47. The highest BCUT2D eigenvalue weighted by atomic mass is 16.4. The first kappa shape index (κ1) is 19.3. The van der Waals surface area contributed by atoms with E-state index in [1.807, 2.05) is 24.3 Å². The molecular weight excluding hydrogens is 424 g/mol. The molecular formula is C30H20O4. The Morgan fingerprint density at radius 2 is 0.735 bits per heavy atom. The molecule has 2 N–H and O–H groups in total. The summed E-state index contributed by atoms with van der Waals surface area (Å²) >= 11 is 0. The minimum absolute atomic E-state index is 0.0320. The number of carbonyl (C=O) groups is 2. The van der Waals surface area contributed by atoms with Gasteiger partial charge >= 0.3 is 11.9 Å². The summed E-state index contributed by atoms with van der Waals surface area (Å²) in [6.45, 7) is 0. The Morgan fingerprint density at radius 3 is 1.06 bits per heavy atom. The fourth-order valence-corrected chi connectivity index (χ4v) is 6.78. The number of benzene rings is 4. The van der Waals surface area contributed by atoms with Gasteiger partial charge in [0, 0.05) is 23.7 Å². The van der Waals surface area contributed by atoms with Crippen molar-refractivity contribution in [3.8, 4) is 0 Å². The molecule has 0 fully saturated rings. The van der Waals surface area contributed by atoms with Crippen LogP contribution in [0.2, 0.25) is 0 Å². The third kappa shape index (κ3) is 2.37. The highest BCUT2D eigenvalue weighted by Crippen LogP contribution is 2.63. The van der Waals surface area contributed by atoms with Crippen LogP contribution in [-0.2, 0) is 0 Å². The topological polar surface area (TPSA) is 74.6 Å². The van der Waals surface area contributed by atoms with Gasteiger partial charge in [0.25, 0.3) is 0 Å². The summed E-state index contributed by atoms with van der Waals surface area (Å²) in [4.78, 5) is 23.8. The molecule has 34 heavy (non-hydrogen) atoms. The van der Waals surface area contributed by atoms with E-state index in [9.17, 15) is 19.8 Å². The van der Waals surface area contributed by atoms with Gasteiger partial charge in [0.05, 0.1) is 11.1 Å². The van der Waals surface area contributed by atoms with E-state index in [1.165, 1.54) is 22.3 Å². The van der Waals surface area contributed by atoms with Crippen LogP contribution in [-0.4, -0.2) is 22.2 Å². The van der Waals surface area contributed by atoms with Gasteiger partial charge < -0.3 is 10.2 Å². The summed E-state index contributed by atoms with van der Waals surface area (Å²) in [5.74, 6) is -2.03. The number of carboxylic acids is 2. The van der Waals surface area contributed by atoms with E-state index in [2.05, 4.69) is 48.5 Å². The van der Waals surface area contributed by atoms with Crippen LogP contribution in [0.4, 0.5) is 0 Å². The molecule has 0 amide bonds. The highest BCUT2D eigenvalue weighted by Gasteiger charge is 2.49. The summed E-state index contributed by atoms with van der Waals surface area (Å²) in [5.41, 5.74) is 10.00. The molecule has 6 aliphatic carbocycles. The number of aromatic carboxylic acids is 2. The maximum absolute atomic E-state index is 11.9. The van der Waals surface area contributed by atoms with Crippen molar-refractivity contribution in [1.29, 1.82) is 0 Å². The zero-order chi connectivity index (χ0) is 23.1. The Morgan fingerprint density at radius 1 is 0.441 bits per heavy atom. The van der Waals surface area contributed by atoms with E-state index in [-0.39, 0.29) is 23.7 Å². The summed E-state index contributed by atoms with van der Waals surface area (Å²) in [7, 11) is 0. The van der Waals surface area contributed by atoms with Crippen molar-refractivity contribution in [2.45, 2.75) is 23.7 Å². The van der Waals surface area contributed by atoms with Crippen molar-refractivity contribution in [3.05, 3.63) is 141 Å². The smallest absolute Gasteiger partial charge is 0.335 e. The first-order chi connectivity index (χ1) is 16.5. The quantitative estimate of drug-likeness (QED) is 0.401. The van der Waals surface area contributed by atoms with Crippen molar-refractivity contribution < 1.29 is 19.8 Å². The van der Waals surface area contributed by atoms with Gasteiger partial charge in [-0.1, -0.05) is 60.7 Å². The number of carboxylic acid groups (broad SMARTS) is 2. The van der Waals surface area contributed by atoms with Crippen molar-refractivity contribution >= 4 is 11.9 Å². The van der Waals surface area contributed by atoms with Gasteiger partial charge in [-0.15, -0.1) is 0 Å². The molecule has 4 atom stereocenters. The summed E-state index contributed by atoms with van der Waals surface area (Å²) in [5, 5.41) is 19.5. The zero-order valence-electron chi connectivity index (χ0n) is 18.1. The van der Waals surface area contributed by atoms with E-state index < -0.39 is 11.9 Å². The first-order valence-corrected chi connectivity index (χ1v) is 11.5. The molecule has 0 saturated carbocycles. The molecule has 4 bridgehead atoms. The Hall–Kier alpha value is -4.18. The van der Waals surface area contributed by atoms with Crippen LogP contribution in [0.5, 0.6) is 0 Å². The van der Waals surface area contributed by atoms with E-state index in [4.69, 9.17) is 0 Å². The van der Waals surface area contributed by atoms with Crippen molar-refractivity contribution in [2.24, 2.45) is 0 Å². The molecule has 4 aromatic carbocycles. The van der Waals surface area contributed by atoms with Crippen LogP contribution in [0, 0.1) is 0 Å². The zero-order valence-corrected chi connectivity index (χ0v) is 18.1. The Balaban J connectivity index is 1.63. The largest absolute Gasteiger partial charge is 0.478 e. The first-order valence-electron chi connectivity index (χ1n) is 11.5. The second-order valence-electron chi connectivity index (χ2n) is 9.47. The van der Waals surface area contributed by atoms with Gasteiger partial charge in [-0.2, -0.15) is 0 Å². The van der Waals surface area contributed by atoms with Crippen molar-refractivity contribution in [2.75, 3.05) is 0 Å². The Kier molecular flexibility index (Phi) is 3.79. The average molecular weight is 444 g/mol. The molecule has 0 aliphatic heterocycles. The predicted octanol–water partition coefficient (Wildman–Crippen LogP) is 5.95. The van der Waals surface area contributed by atoms with Gasteiger partial charge in [0.1, 0.15) is 0 Å². The Bertz CT molecular complexity index is 1430. The molecule has 0 spiro atoms. The molecule has 0 heterocycles. The molecule has 10 rings (SSSR count). The molecule has 0 saturated heterocycles. The molecule has 4 heteroatoms. The van der Waals surface area contributed by atoms with Crippen LogP contribution in [0.15, 0.2) is 84.9 Å². The number of hydrogen-bond donors (Lipinski definition) is 2. The standard InChI is InChI=1S/C30H20O4/c31-29(32)15-9-11-21-23(13-15)27-19-7-3-1-5-17(19)25(21)28-20-8-4-2-6-18(20)26(27)22-12-10-16(30(33)34)14-24(22)28/h1-14,25-28H,(H,31,32)(H,33,34)/t25-,26-,27+,28+/m0/s1. The minimum Gasteiger partial charge on any atom is -0.478 e. The summed E-state index contributed by atoms with van der Waals surface area (Å²) in [6.07, 6.45) is 0. The molecule has 4 nitrogen and oxygen atoms in total. The van der Waals surface area contributed by atoms with Crippen LogP contribution in [0.1, 0.15) is 88.9 Å². The fourth-order valence-electron chi connectivity index (χ4n) is 6.78. The van der Waals surface area contributed by atoms with Crippen LogP contribution < -0.4 is 0 Å². The van der Waals surface area contributed by atoms with Gasteiger partial charge in [-0.3, -0.25) is 0 Å². The second kappa shape index (κ2) is 6.67. The van der Waals surface area contributed by atoms with E-state index >= 15 is 0 Å². The fraction of sp³-hybridized carbons (Fsp3) is 0.133. The Labute approximate surface area is 196 Å². The van der Waals surface area contributed by atoms with Crippen LogP contribution >= 0.6 is 0 Å². The number of hydrogen-bond acceptors (Lipinski definition) is 2. The van der Waals surface area contributed by atoms with Crippen LogP contribution in [0.3, 0.4) is 0 Å². The predicted molar refractivity (Wildman–Crippen MR) is 127 cm³/mol. The molecule has 4 aromatic rings. The highest BCUT2D eigenvalue weighted by molar-refractivity contribution is 5.89. The molecule has 0 aromatic heterocycles. The lowest BCUT2D eigenvalue weighted by Crippen LogP contribution is -2.36. The lowest BCUT2D eigenvalue weighted by atomic mass is 9.53. The molecule has 164 valence electrons. The third-order valence-corrected chi connectivity index (χ3v) is 8.01. The van der Waals surface area contributed by atoms with Crippen molar-refractivity contribution in [1.82, 2.24) is 0 Å². The van der Waals surface area contributed by atoms with E-state index in [0.717, 1.165) is 22.3 Å². The van der Waals surface area contributed by atoms with Gasteiger partial charge in [-0.25, -0.2) is 9.59 Å². The van der Waals surface area contributed by atoms with Gasteiger partial charge in [0.2, 0.25) is 0 Å². The van der Waals surface area contributed by atoms with Crippen molar-refractivity contribution in [3.63, 3.8) is 0 Å². The van der Waals surface area contributed by atoms with E-state index in [0.29, 0.717) is 11.1 Å². The van der Waals surface area contributed by atoms with E-state index in [1.54, 1.807) is 12.1 Å². The molecule has 6 aliphatic rings. The van der Waals surface area contributed by atoms with Crippen LogP contribution in [0.25, 0.3) is 0 Å².